The van der Waals surface area contributed by atoms with Gasteiger partial charge in [0.2, 0.25) is 11.8 Å². The normalized spacial score (nSPS) is 11.7. The molecule has 0 heterocycles. The summed E-state index contributed by atoms with van der Waals surface area (Å²) in [6.45, 7) is 2.02. The van der Waals surface area contributed by atoms with Crippen LogP contribution in [-0.4, -0.2) is 35.6 Å². The Hall–Kier alpha value is -2.05. The van der Waals surface area contributed by atoms with E-state index in [1.807, 2.05) is 30.3 Å². The van der Waals surface area contributed by atoms with Crippen LogP contribution in [0.1, 0.15) is 18.1 Å². The van der Waals surface area contributed by atoms with Crippen LogP contribution in [0.4, 0.5) is 4.39 Å². The second kappa shape index (κ2) is 10.3. The number of hydrogen-bond donors (Lipinski definition) is 1. The Balaban J connectivity index is 2.05. The highest BCUT2D eigenvalue weighted by Crippen LogP contribution is 2.24. The number of thioether (sulfide) groups is 1. The van der Waals surface area contributed by atoms with Crippen LogP contribution in [0.15, 0.2) is 48.5 Å². The van der Waals surface area contributed by atoms with Crippen LogP contribution < -0.4 is 5.32 Å². The molecule has 2 amide bonds. The van der Waals surface area contributed by atoms with Crippen molar-refractivity contribution in [2.24, 2.45) is 0 Å². The van der Waals surface area contributed by atoms with Gasteiger partial charge in [0.1, 0.15) is 11.9 Å². The molecule has 0 radical (unpaired) electrons. The zero-order valence-corrected chi connectivity index (χ0v) is 16.8. The summed E-state index contributed by atoms with van der Waals surface area (Å²) in [6.07, 6.45) is 0. The third-order valence-electron chi connectivity index (χ3n) is 4.14. The Bertz CT molecular complexity index is 769. The molecule has 0 aliphatic heterocycles. The van der Waals surface area contributed by atoms with Crippen LogP contribution in [0, 0.1) is 5.82 Å². The SMILES string of the molecule is CNC(=O)C(C)N(Cc1ccccc1)C(=O)CSCc1c(F)cccc1Cl. The van der Waals surface area contributed by atoms with E-state index in [0.717, 1.165) is 5.56 Å². The van der Waals surface area contributed by atoms with Gasteiger partial charge in [0.05, 0.1) is 5.75 Å². The summed E-state index contributed by atoms with van der Waals surface area (Å²) in [5.41, 5.74) is 1.31. The number of rotatable bonds is 8. The fourth-order valence-corrected chi connectivity index (χ4v) is 3.81. The van der Waals surface area contributed by atoms with Crippen molar-refractivity contribution >= 4 is 35.2 Å². The lowest BCUT2D eigenvalue weighted by Gasteiger charge is -2.28. The van der Waals surface area contributed by atoms with Crippen LogP contribution in [-0.2, 0) is 21.9 Å². The van der Waals surface area contributed by atoms with Gasteiger partial charge in [0, 0.05) is 29.9 Å². The first-order valence-corrected chi connectivity index (χ1v) is 10.0. The summed E-state index contributed by atoms with van der Waals surface area (Å²) in [5.74, 6) is -0.403. The lowest BCUT2D eigenvalue weighted by Crippen LogP contribution is -2.47. The topological polar surface area (TPSA) is 49.4 Å². The van der Waals surface area contributed by atoms with Gasteiger partial charge in [-0.25, -0.2) is 4.39 Å². The van der Waals surface area contributed by atoms with E-state index in [-0.39, 0.29) is 29.1 Å². The molecule has 144 valence electrons. The maximum atomic E-state index is 13.9. The van der Waals surface area contributed by atoms with E-state index in [4.69, 9.17) is 11.6 Å². The number of nitrogens with one attached hydrogen (secondary N) is 1. The second-order valence-corrected chi connectivity index (χ2v) is 7.38. The Morgan fingerprint density at radius 3 is 2.52 bits per heavy atom. The van der Waals surface area contributed by atoms with Crippen LogP contribution in [0.5, 0.6) is 0 Å². The zero-order valence-electron chi connectivity index (χ0n) is 15.2. The Morgan fingerprint density at radius 2 is 1.89 bits per heavy atom. The maximum absolute atomic E-state index is 13.9. The Kier molecular flexibility index (Phi) is 8.13. The van der Waals surface area contributed by atoms with Gasteiger partial charge in [-0.3, -0.25) is 9.59 Å². The van der Waals surface area contributed by atoms with Crippen molar-refractivity contribution in [2.75, 3.05) is 12.8 Å². The number of halogens is 2. The van der Waals surface area contributed by atoms with E-state index in [1.165, 1.54) is 22.7 Å². The van der Waals surface area contributed by atoms with Crippen molar-refractivity contribution in [1.82, 2.24) is 10.2 Å². The van der Waals surface area contributed by atoms with Gasteiger partial charge in [-0.1, -0.05) is 48.0 Å². The van der Waals surface area contributed by atoms with E-state index in [0.29, 0.717) is 17.1 Å². The highest BCUT2D eigenvalue weighted by Gasteiger charge is 2.25. The van der Waals surface area contributed by atoms with Gasteiger partial charge < -0.3 is 10.2 Å². The minimum Gasteiger partial charge on any atom is -0.357 e. The predicted molar refractivity (Wildman–Crippen MR) is 108 cm³/mol. The largest absolute Gasteiger partial charge is 0.357 e. The quantitative estimate of drug-likeness (QED) is 0.721. The lowest BCUT2D eigenvalue weighted by molar-refractivity contribution is -0.138. The van der Waals surface area contributed by atoms with Gasteiger partial charge in [0.25, 0.3) is 0 Å². The molecule has 7 heteroatoms. The second-order valence-electron chi connectivity index (χ2n) is 5.99. The molecule has 27 heavy (non-hydrogen) atoms. The molecule has 4 nitrogen and oxygen atoms in total. The number of hydrogen-bond acceptors (Lipinski definition) is 3. The molecule has 2 aromatic rings. The van der Waals surface area contributed by atoms with Gasteiger partial charge in [0.15, 0.2) is 0 Å². The van der Waals surface area contributed by atoms with Crippen molar-refractivity contribution in [3.8, 4) is 0 Å². The predicted octanol–water partition coefficient (Wildman–Crippen LogP) is 3.88. The van der Waals surface area contributed by atoms with Crippen molar-refractivity contribution in [3.63, 3.8) is 0 Å². The summed E-state index contributed by atoms with van der Waals surface area (Å²) >= 11 is 7.29. The van der Waals surface area contributed by atoms with Crippen molar-refractivity contribution in [1.29, 1.82) is 0 Å². The average Bonchev–Trinajstić information content (AvgIpc) is 2.67. The third kappa shape index (κ3) is 5.97. The first-order chi connectivity index (χ1) is 12.9. The molecular formula is C20H22ClFN2O2S. The Labute approximate surface area is 168 Å². The molecule has 0 aliphatic carbocycles. The molecule has 0 aromatic heterocycles. The fourth-order valence-electron chi connectivity index (χ4n) is 2.57. The molecule has 0 saturated carbocycles. The molecule has 1 unspecified atom stereocenters. The zero-order chi connectivity index (χ0) is 19.8. The van der Waals surface area contributed by atoms with Crippen LogP contribution in [0.2, 0.25) is 5.02 Å². The van der Waals surface area contributed by atoms with E-state index >= 15 is 0 Å². The van der Waals surface area contributed by atoms with E-state index in [1.54, 1.807) is 26.1 Å². The Morgan fingerprint density at radius 1 is 1.19 bits per heavy atom. The maximum Gasteiger partial charge on any atom is 0.242 e. The monoisotopic (exact) mass is 408 g/mol. The fraction of sp³-hybridized carbons (Fsp3) is 0.300. The van der Waals surface area contributed by atoms with Gasteiger partial charge in [-0.05, 0) is 24.6 Å². The summed E-state index contributed by atoms with van der Waals surface area (Å²) in [4.78, 5) is 26.4. The summed E-state index contributed by atoms with van der Waals surface area (Å²) in [7, 11) is 1.54. The number of likely N-dealkylation sites (N-methyl/N-ethyl adjacent to an activating group) is 1. The summed E-state index contributed by atoms with van der Waals surface area (Å²) < 4.78 is 13.9. The van der Waals surface area contributed by atoms with Gasteiger partial charge in [-0.2, -0.15) is 0 Å². The highest BCUT2D eigenvalue weighted by molar-refractivity contribution is 7.99. The third-order valence-corrected chi connectivity index (χ3v) is 5.44. The number of amides is 2. The average molecular weight is 409 g/mol. The van der Waals surface area contributed by atoms with Gasteiger partial charge in [-0.15, -0.1) is 11.8 Å². The first-order valence-electron chi connectivity index (χ1n) is 8.49. The molecule has 2 rings (SSSR count). The number of carbonyl (C=O) groups is 2. The summed E-state index contributed by atoms with van der Waals surface area (Å²) in [6, 6.07) is 13.4. The van der Waals surface area contributed by atoms with Crippen molar-refractivity contribution in [2.45, 2.75) is 25.3 Å². The highest BCUT2D eigenvalue weighted by atomic mass is 35.5. The molecule has 0 fully saturated rings. The van der Waals surface area contributed by atoms with Crippen LogP contribution in [0.3, 0.4) is 0 Å². The number of benzene rings is 2. The van der Waals surface area contributed by atoms with Crippen molar-refractivity contribution < 1.29 is 14.0 Å². The summed E-state index contributed by atoms with van der Waals surface area (Å²) in [5, 5.41) is 2.92. The molecule has 0 saturated heterocycles. The number of carbonyl (C=O) groups excluding carboxylic acids is 2. The van der Waals surface area contributed by atoms with E-state index < -0.39 is 6.04 Å². The molecule has 2 aromatic carbocycles. The van der Waals surface area contributed by atoms with E-state index in [9.17, 15) is 14.0 Å². The smallest absolute Gasteiger partial charge is 0.242 e. The van der Waals surface area contributed by atoms with Gasteiger partial charge >= 0.3 is 0 Å². The standard InChI is InChI=1S/C20H22ClFN2O2S/c1-14(20(26)23-2)24(11-15-7-4-3-5-8-15)19(25)13-27-12-16-17(21)9-6-10-18(16)22/h3-10,14H,11-13H2,1-2H3,(H,23,26). The molecule has 0 spiro atoms. The van der Waals surface area contributed by atoms with E-state index in [2.05, 4.69) is 5.32 Å². The van der Waals surface area contributed by atoms with Crippen LogP contribution >= 0.6 is 23.4 Å². The molecular weight excluding hydrogens is 387 g/mol. The molecule has 0 bridgehead atoms. The molecule has 0 aliphatic rings. The lowest BCUT2D eigenvalue weighted by atomic mass is 10.1. The van der Waals surface area contributed by atoms with Crippen molar-refractivity contribution in [3.05, 3.63) is 70.5 Å². The van der Waals surface area contributed by atoms with Crippen LogP contribution in [0.25, 0.3) is 0 Å². The number of nitrogens with zero attached hydrogens (tertiary/aromatic N) is 1. The molecule has 1 atom stereocenters. The first kappa shape index (κ1) is 21.3. The minimum atomic E-state index is -0.611. The minimum absolute atomic E-state index is 0.124. The molecule has 1 N–H and O–H groups in total.